The third kappa shape index (κ3) is 3.82. The molecule has 1 unspecified atom stereocenters. The zero-order valence-corrected chi connectivity index (χ0v) is 16.0. The minimum Gasteiger partial charge on any atom is -0.444 e. The van der Waals surface area contributed by atoms with Crippen LogP contribution in [0.15, 0.2) is 48.5 Å². The highest BCUT2D eigenvalue weighted by Crippen LogP contribution is 2.29. The van der Waals surface area contributed by atoms with Gasteiger partial charge in [0.1, 0.15) is 11.4 Å². The Labute approximate surface area is 159 Å². The molecule has 1 saturated heterocycles. The van der Waals surface area contributed by atoms with E-state index in [9.17, 15) is 4.79 Å². The van der Waals surface area contributed by atoms with Crippen molar-refractivity contribution in [2.45, 2.75) is 38.7 Å². The fraction of sp³-hybridized carbons (Fsp3) is 0.364. The van der Waals surface area contributed by atoms with Crippen LogP contribution in [0.2, 0.25) is 0 Å². The van der Waals surface area contributed by atoms with Crippen LogP contribution < -0.4 is 0 Å². The third-order valence-electron chi connectivity index (χ3n) is 4.84. The lowest BCUT2D eigenvalue weighted by atomic mass is 10.1. The Morgan fingerprint density at radius 3 is 2.67 bits per heavy atom. The first-order valence-electron chi connectivity index (χ1n) is 9.42. The van der Waals surface area contributed by atoms with Gasteiger partial charge in [0.25, 0.3) is 0 Å². The van der Waals surface area contributed by atoms with Crippen LogP contribution in [-0.2, 0) is 4.74 Å². The van der Waals surface area contributed by atoms with E-state index in [1.807, 2.05) is 39.0 Å². The van der Waals surface area contributed by atoms with Crippen LogP contribution in [0.25, 0.3) is 22.2 Å². The van der Waals surface area contributed by atoms with Crippen molar-refractivity contribution in [3.05, 3.63) is 54.4 Å². The van der Waals surface area contributed by atoms with Gasteiger partial charge >= 0.3 is 6.09 Å². The molecule has 4 rings (SSSR count). The van der Waals surface area contributed by atoms with Gasteiger partial charge in [0.05, 0.1) is 11.0 Å². The summed E-state index contributed by atoms with van der Waals surface area (Å²) in [5, 5.41) is 0. The van der Waals surface area contributed by atoms with E-state index in [0.29, 0.717) is 13.1 Å². The van der Waals surface area contributed by atoms with Gasteiger partial charge in [0, 0.05) is 19.0 Å². The van der Waals surface area contributed by atoms with Gasteiger partial charge in [-0.05, 0) is 50.5 Å². The number of aromatic amines is 1. The molecule has 5 heteroatoms. The van der Waals surface area contributed by atoms with E-state index in [4.69, 9.17) is 9.72 Å². The summed E-state index contributed by atoms with van der Waals surface area (Å²) in [5.74, 6) is 1.16. The summed E-state index contributed by atoms with van der Waals surface area (Å²) >= 11 is 0. The zero-order chi connectivity index (χ0) is 19.0. The number of rotatable bonds is 2. The maximum absolute atomic E-state index is 12.3. The topological polar surface area (TPSA) is 58.2 Å². The molecule has 1 fully saturated rings. The molecule has 2 heterocycles. The summed E-state index contributed by atoms with van der Waals surface area (Å²) in [6, 6.07) is 16.6. The van der Waals surface area contributed by atoms with Crippen LogP contribution in [0.3, 0.4) is 0 Å². The number of H-pyrrole nitrogens is 1. The molecule has 2 aromatic carbocycles. The number of nitrogens with zero attached hydrogens (tertiary/aromatic N) is 2. The van der Waals surface area contributed by atoms with Gasteiger partial charge in [-0.15, -0.1) is 0 Å². The van der Waals surface area contributed by atoms with Crippen LogP contribution in [0.5, 0.6) is 0 Å². The van der Waals surface area contributed by atoms with E-state index in [-0.39, 0.29) is 12.0 Å². The Morgan fingerprint density at radius 1 is 1.15 bits per heavy atom. The molecule has 0 bridgehead atoms. The lowest BCUT2D eigenvalue weighted by Crippen LogP contribution is -2.35. The first kappa shape index (κ1) is 17.6. The van der Waals surface area contributed by atoms with Crippen molar-refractivity contribution >= 4 is 17.1 Å². The summed E-state index contributed by atoms with van der Waals surface area (Å²) in [7, 11) is 0. The maximum Gasteiger partial charge on any atom is 0.410 e. The number of ether oxygens (including phenoxy) is 1. The number of carbonyl (C=O) groups excluding carboxylic acids is 1. The fourth-order valence-electron chi connectivity index (χ4n) is 3.50. The smallest absolute Gasteiger partial charge is 0.410 e. The van der Waals surface area contributed by atoms with Crippen LogP contribution in [0.4, 0.5) is 4.79 Å². The molecule has 0 aliphatic carbocycles. The number of fused-ring (bicyclic) bond motifs is 1. The van der Waals surface area contributed by atoms with Gasteiger partial charge in [-0.1, -0.05) is 36.4 Å². The lowest BCUT2D eigenvalue weighted by molar-refractivity contribution is 0.0292. The van der Waals surface area contributed by atoms with Gasteiger partial charge in [-0.3, -0.25) is 0 Å². The number of imidazole rings is 1. The molecule has 1 atom stereocenters. The molecular weight excluding hydrogens is 338 g/mol. The monoisotopic (exact) mass is 363 g/mol. The van der Waals surface area contributed by atoms with Crippen LogP contribution in [0, 0.1) is 0 Å². The minimum atomic E-state index is -0.470. The SMILES string of the molecule is CC(C)(C)OC(=O)N1CCC(c2nc3cc(-c4ccccc4)ccc3[nH]2)C1. The molecule has 0 radical (unpaired) electrons. The molecule has 3 aromatic rings. The van der Waals surface area contributed by atoms with Gasteiger partial charge in [-0.25, -0.2) is 9.78 Å². The number of hydrogen-bond acceptors (Lipinski definition) is 3. The Bertz CT molecular complexity index is 957. The Morgan fingerprint density at radius 2 is 1.93 bits per heavy atom. The first-order chi connectivity index (χ1) is 12.9. The van der Waals surface area contributed by atoms with E-state index in [1.54, 1.807) is 4.90 Å². The number of likely N-dealkylation sites (tertiary alicyclic amines) is 1. The number of aromatic nitrogens is 2. The summed E-state index contributed by atoms with van der Waals surface area (Å²) in [6.45, 7) is 7.01. The van der Waals surface area contributed by atoms with E-state index in [0.717, 1.165) is 28.8 Å². The van der Waals surface area contributed by atoms with Crippen molar-refractivity contribution in [3.8, 4) is 11.1 Å². The van der Waals surface area contributed by atoms with Crippen LogP contribution >= 0.6 is 0 Å². The summed E-state index contributed by atoms with van der Waals surface area (Å²) in [4.78, 5) is 22.3. The molecule has 140 valence electrons. The Hall–Kier alpha value is -2.82. The quantitative estimate of drug-likeness (QED) is 0.700. The van der Waals surface area contributed by atoms with E-state index < -0.39 is 5.60 Å². The Balaban J connectivity index is 1.52. The predicted molar refractivity (Wildman–Crippen MR) is 107 cm³/mol. The second-order valence-corrected chi connectivity index (χ2v) is 8.13. The van der Waals surface area contributed by atoms with Gasteiger partial charge < -0.3 is 14.6 Å². The molecule has 1 aromatic heterocycles. The summed E-state index contributed by atoms with van der Waals surface area (Å²) < 4.78 is 5.49. The van der Waals surface area contributed by atoms with Gasteiger partial charge in [0.15, 0.2) is 0 Å². The molecule has 1 aliphatic heterocycles. The van der Waals surface area contributed by atoms with Gasteiger partial charge in [-0.2, -0.15) is 0 Å². The molecule has 1 aliphatic rings. The average molecular weight is 363 g/mol. The minimum absolute atomic E-state index is 0.213. The van der Waals surface area contributed by atoms with Crippen molar-refractivity contribution in [1.29, 1.82) is 0 Å². The Kier molecular flexibility index (Phi) is 4.38. The van der Waals surface area contributed by atoms with Crippen molar-refractivity contribution in [2.24, 2.45) is 0 Å². The number of carbonyl (C=O) groups is 1. The normalized spacial score (nSPS) is 17.4. The largest absolute Gasteiger partial charge is 0.444 e. The second kappa shape index (κ2) is 6.72. The van der Waals surface area contributed by atoms with Crippen molar-refractivity contribution in [1.82, 2.24) is 14.9 Å². The number of amides is 1. The van der Waals surface area contributed by atoms with Crippen molar-refractivity contribution < 1.29 is 9.53 Å². The first-order valence-corrected chi connectivity index (χ1v) is 9.42. The number of hydrogen-bond donors (Lipinski definition) is 1. The molecule has 1 N–H and O–H groups in total. The molecule has 0 saturated carbocycles. The fourth-order valence-corrected chi connectivity index (χ4v) is 3.50. The van der Waals surface area contributed by atoms with Crippen LogP contribution in [0.1, 0.15) is 38.9 Å². The molecule has 1 amide bonds. The number of nitrogens with one attached hydrogen (secondary N) is 1. The summed E-state index contributed by atoms with van der Waals surface area (Å²) in [6.07, 6.45) is 0.650. The molecule has 5 nitrogen and oxygen atoms in total. The zero-order valence-electron chi connectivity index (χ0n) is 16.0. The standard InChI is InChI=1S/C22H25N3O2/c1-22(2,3)27-21(26)25-12-11-17(14-25)20-23-18-10-9-16(13-19(18)24-20)15-7-5-4-6-8-15/h4-10,13,17H,11-12,14H2,1-3H3,(H,23,24). The van der Waals surface area contributed by atoms with E-state index in [2.05, 4.69) is 35.3 Å². The van der Waals surface area contributed by atoms with Crippen LogP contribution in [-0.4, -0.2) is 39.7 Å². The second-order valence-electron chi connectivity index (χ2n) is 8.13. The van der Waals surface area contributed by atoms with E-state index in [1.165, 1.54) is 5.56 Å². The van der Waals surface area contributed by atoms with Crippen molar-refractivity contribution in [3.63, 3.8) is 0 Å². The number of benzene rings is 2. The highest BCUT2D eigenvalue weighted by molar-refractivity contribution is 5.82. The maximum atomic E-state index is 12.3. The average Bonchev–Trinajstić information content (AvgIpc) is 3.27. The molecule has 0 spiro atoms. The highest BCUT2D eigenvalue weighted by Gasteiger charge is 2.32. The van der Waals surface area contributed by atoms with Gasteiger partial charge in [0.2, 0.25) is 0 Å². The van der Waals surface area contributed by atoms with E-state index >= 15 is 0 Å². The molecular formula is C22H25N3O2. The predicted octanol–water partition coefficient (Wildman–Crippen LogP) is 4.95. The van der Waals surface area contributed by atoms with Crippen molar-refractivity contribution in [2.75, 3.05) is 13.1 Å². The third-order valence-corrected chi connectivity index (χ3v) is 4.84. The summed E-state index contributed by atoms with van der Waals surface area (Å²) in [5.41, 5.74) is 3.86. The molecule has 27 heavy (non-hydrogen) atoms. The highest BCUT2D eigenvalue weighted by atomic mass is 16.6. The lowest BCUT2D eigenvalue weighted by Gasteiger charge is -2.24.